The zero-order chi connectivity index (χ0) is 29.6. The molecule has 2 fully saturated rings. The van der Waals surface area contributed by atoms with Gasteiger partial charge in [0, 0.05) is 31.7 Å². The third-order valence-corrected chi connectivity index (χ3v) is 7.60. The topological polar surface area (TPSA) is 109 Å². The molecule has 3 aromatic carbocycles. The van der Waals surface area contributed by atoms with Crippen LogP contribution in [0.1, 0.15) is 35.2 Å². The summed E-state index contributed by atoms with van der Waals surface area (Å²) >= 11 is 0. The van der Waals surface area contributed by atoms with Crippen molar-refractivity contribution in [3.63, 3.8) is 0 Å². The molecule has 0 saturated carbocycles. The summed E-state index contributed by atoms with van der Waals surface area (Å²) in [6.45, 7) is 7.87. The normalized spacial score (nSPS) is 18.8. The summed E-state index contributed by atoms with van der Waals surface area (Å²) in [7, 11) is 0. The number of ketones is 1. The summed E-state index contributed by atoms with van der Waals surface area (Å²) in [5, 5.41) is 21.9. The van der Waals surface area contributed by atoms with Gasteiger partial charge in [0.1, 0.15) is 18.1 Å². The average Bonchev–Trinajstić information content (AvgIpc) is 3.26. The molecule has 9 nitrogen and oxygen atoms in total. The van der Waals surface area contributed by atoms with Crippen molar-refractivity contribution >= 4 is 17.4 Å². The molecule has 2 aliphatic heterocycles. The van der Waals surface area contributed by atoms with Crippen molar-refractivity contribution in [2.45, 2.75) is 26.5 Å². The fourth-order valence-electron chi connectivity index (χ4n) is 5.38. The van der Waals surface area contributed by atoms with E-state index in [2.05, 4.69) is 4.90 Å². The lowest BCUT2D eigenvalue weighted by atomic mass is 9.93. The average molecular weight is 573 g/mol. The van der Waals surface area contributed by atoms with E-state index in [4.69, 9.17) is 14.2 Å². The number of hydrogen-bond acceptors (Lipinski definition) is 8. The highest BCUT2D eigenvalue weighted by Gasteiger charge is 2.46. The predicted molar refractivity (Wildman–Crippen MR) is 157 cm³/mol. The Labute approximate surface area is 245 Å². The lowest BCUT2D eigenvalue weighted by Crippen LogP contribution is -2.42. The highest BCUT2D eigenvalue weighted by atomic mass is 16.5. The largest absolute Gasteiger partial charge is 0.507 e. The first-order valence-electron chi connectivity index (χ1n) is 14.2. The Hall–Kier alpha value is -4.34. The van der Waals surface area contributed by atoms with Gasteiger partial charge in [0.05, 0.1) is 31.4 Å². The van der Waals surface area contributed by atoms with Crippen LogP contribution in [0, 0.1) is 6.92 Å². The fourth-order valence-corrected chi connectivity index (χ4v) is 5.38. The zero-order valence-electron chi connectivity index (χ0n) is 23.9. The first-order chi connectivity index (χ1) is 20.4. The third kappa shape index (κ3) is 6.27. The van der Waals surface area contributed by atoms with Gasteiger partial charge < -0.3 is 29.3 Å². The van der Waals surface area contributed by atoms with E-state index in [1.165, 1.54) is 11.0 Å². The van der Waals surface area contributed by atoms with Gasteiger partial charge in [-0.1, -0.05) is 36.4 Å². The minimum absolute atomic E-state index is 0.00355. The van der Waals surface area contributed by atoms with Crippen LogP contribution in [0.2, 0.25) is 0 Å². The number of aromatic hydroxyl groups is 1. The Balaban J connectivity index is 1.49. The Morgan fingerprint density at radius 1 is 0.976 bits per heavy atom. The zero-order valence-corrected chi connectivity index (χ0v) is 23.9. The number of rotatable bonds is 10. The molecule has 220 valence electrons. The van der Waals surface area contributed by atoms with E-state index in [1.54, 1.807) is 37.3 Å². The number of nitrogens with zero attached hydrogens (tertiary/aromatic N) is 2. The maximum absolute atomic E-state index is 13.5. The maximum Gasteiger partial charge on any atom is 0.295 e. The number of aliphatic hydroxyl groups is 1. The highest BCUT2D eigenvalue weighted by Crippen LogP contribution is 2.42. The molecule has 0 aliphatic carbocycles. The minimum Gasteiger partial charge on any atom is -0.507 e. The minimum atomic E-state index is -0.862. The number of benzene rings is 3. The van der Waals surface area contributed by atoms with Crippen LogP contribution in [0.25, 0.3) is 5.76 Å². The summed E-state index contributed by atoms with van der Waals surface area (Å²) in [5.74, 6) is -0.881. The monoisotopic (exact) mass is 572 g/mol. The quantitative estimate of drug-likeness (QED) is 0.209. The summed E-state index contributed by atoms with van der Waals surface area (Å²) in [4.78, 5) is 30.6. The molecule has 2 heterocycles. The van der Waals surface area contributed by atoms with Gasteiger partial charge in [0.15, 0.2) is 11.5 Å². The lowest BCUT2D eigenvalue weighted by Gasteiger charge is -2.31. The van der Waals surface area contributed by atoms with Crippen molar-refractivity contribution in [2.75, 3.05) is 46.0 Å². The van der Waals surface area contributed by atoms with Crippen molar-refractivity contribution in [2.24, 2.45) is 0 Å². The molecule has 1 atom stereocenters. The van der Waals surface area contributed by atoms with E-state index >= 15 is 0 Å². The van der Waals surface area contributed by atoms with E-state index in [9.17, 15) is 19.8 Å². The molecule has 0 radical (unpaired) electrons. The number of phenolic OH excluding ortho intramolecular Hbond substituents is 1. The van der Waals surface area contributed by atoms with Crippen molar-refractivity contribution < 1.29 is 34.0 Å². The van der Waals surface area contributed by atoms with E-state index in [0.717, 1.165) is 18.7 Å². The van der Waals surface area contributed by atoms with Gasteiger partial charge in [0.25, 0.3) is 11.7 Å². The van der Waals surface area contributed by atoms with Gasteiger partial charge in [-0.05, 0) is 60.9 Å². The molecule has 2 N–H and O–H groups in total. The molecule has 0 spiro atoms. The first-order valence-corrected chi connectivity index (χ1v) is 14.2. The second kappa shape index (κ2) is 13.1. The number of carbonyl (C=O) groups excluding carboxylic acids is 2. The molecule has 9 heteroatoms. The van der Waals surface area contributed by atoms with Crippen LogP contribution in [-0.4, -0.2) is 77.7 Å². The molecular formula is C33H36N2O7. The van der Waals surface area contributed by atoms with E-state index in [-0.39, 0.29) is 29.4 Å². The molecule has 3 aromatic rings. The molecular weight excluding hydrogens is 536 g/mol. The van der Waals surface area contributed by atoms with Crippen LogP contribution in [0.3, 0.4) is 0 Å². The Morgan fingerprint density at radius 3 is 2.45 bits per heavy atom. The van der Waals surface area contributed by atoms with Crippen molar-refractivity contribution in [1.82, 2.24) is 9.80 Å². The summed E-state index contributed by atoms with van der Waals surface area (Å²) < 4.78 is 17.0. The van der Waals surface area contributed by atoms with E-state index in [1.807, 2.05) is 37.3 Å². The summed E-state index contributed by atoms with van der Waals surface area (Å²) in [6, 6.07) is 18.9. The number of likely N-dealkylation sites (tertiary alicyclic amines) is 1. The Morgan fingerprint density at radius 2 is 1.74 bits per heavy atom. The van der Waals surface area contributed by atoms with E-state index in [0.29, 0.717) is 55.4 Å². The van der Waals surface area contributed by atoms with Crippen LogP contribution >= 0.6 is 0 Å². The van der Waals surface area contributed by atoms with Crippen LogP contribution in [0.5, 0.6) is 17.2 Å². The molecule has 2 aliphatic rings. The van der Waals surface area contributed by atoms with Gasteiger partial charge in [-0.3, -0.25) is 14.5 Å². The van der Waals surface area contributed by atoms with Crippen LogP contribution in [0.4, 0.5) is 0 Å². The second-order valence-corrected chi connectivity index (χ2v) is 10.4. The van der Waals surface area contributed by atoms with Crippen molar-refractivity contribution in [3.05, 3.63) is 94.6 Å². The molecule has 0 unspecified atom stereocenters. The van der Waals surface area contributed by atoms with E-state index < -0.39 is 17.7 Å². The molecule has 5 rings (SSSR count). The third-order valence-electron chi connectivity index (χ3n) is 7.60. The number of phenols is 1. The highest BCUT2D eigenvalue weighted by molar-refractivity contribution is 6.46. The number of morpholine rings is 1. The Bertz CT molecular complexity index is 1460. The second-order valence-electron chi connectivity index (χ2n) is 10.4. The number of hydrogen-bond donors (Lipinski definition) is 2. The molecule has 1 amide bonds. The van der Waals surface area contributed by atoms with Crippen LogP contribution in [0.15, 0.2) is 72.3 Å². The summed E-state index contributed by atoms with van der Waals surface area (Å²) in [6.07, 6.45) is 0. The molecule has 0 aromatic heterocycles. The maximum atomic E-state index is 13.5. The lowest BCUT2D eigenvalue weighted by molar-refractivity contribution is -0.140. The smallest absolute Gasteiger partial charge is 0.295 e. The molecule has 0 bridgehead atoms. The SMILES string of the molecule is CCOc1cc([C@@H]2/C(=C(\O)c3ccc(OCc4ccccc4)cc3C)C(=O)C(=O)N2CCN2CCOCC2)ccc1O. The number of Topliss-reactive ketones (excluding diaryl/α,β-unsaturated/α-hetero) is 1. The van der Waals surface area contributed by atoms with Gasteiger partial charge in [-0.2, -0.15) is 0 Å². The van der Waals surface area contributed by atoms with Crippen LogP contribution < -0.4 is 9.47 Å². The number of ether oxygens (including phenoxy) is 3. The number of aliphatic hydroxyl groups excluding tert-OH is 1. The van der Waals surface area contributed by atoms with Crippen molar-refractivity contribution in [1.29, 1.82) is 0 Å². The molecule has 42 heavy (non-hydrogen) atoms. The van der Waals surface area contributed by atoms with Crippen molar-refractivity contribution in [3.8, 4) is 17.2 Å². The standard InChI is InChI=1S/C33H36N2O7/c1-3-41-28-20-24(9-12-27(28)36)30-29(32(38)33(39)35(30)14-13-34-15-17-40-18-16-34)31(37)26-11-10-25(19-22(26)2)42-21-23-7-5-4-6-8-23/h4-12,19-20,30,36-37H,3,13-18,21H2,1-2H3/b31-29+/t30-/m1/s1. The fraction of sp³-hybridized carbons (Fsp3) is 0.333. The van der Waals surface area contributed by atoms with Gasteiger partial charge in [0.2, 0.25) is 0 Å². The predicted octanol–water partition coefficient (Wildman–Crippen LogP) is 4.43. The van der Waals surface area contributed by atoms with Gasteiger partial charge >= 0.3 is 0 Å². The first kappa shape index (κ1) is 29.2. The summed E-state index contributed by atoms with van der Waals surface area (Å²) in [5.41, 5.74) is 2.70. The number of aryl methyl sites for hydroxylation is 1. The number of carbonyl (C=O) groups is 2. The number of amides is 1. The Kier molecular flexibility index (Phi) is 9.09. The van der Waals surface area contributed by atoms with Crippen LogP contribution in [-0.2, 0) is 20.9 Å². The molecule has 2 saturated heterocycles. The van der Waals surface area contributed by atoms with Gasteiger partial charge in [-0.15, -0.1) is 0 Å². The van der Waals surface area contributed by atoms with Gasteiger partial charge in [-0.25, -0.2) is 0 Å².